The number of hydrogen-bond donors (Lipinski definition) is 1. The number of esters is 2. The molecule has 0 aromatic carbocycles. The highest BCUT2D eigenvalue weighted by Crippen LogP contribution is 2.14. The molecular weight excluding hydrogens is 582 g/mol. The topological polar surface area (TPSA) is 99.1 Å². The van der Waals surface area contributed by atoms with E-state index < -0.39 is 18.1 Å². The lowest BCUT2D eigenvalue weighted by molar-refractivity contribution is -0.887. The highest BCUT2D eigenvalue weighted by Gasteiger charge is 2.31. The molecule has 0 aliphatic heterocycles. The van der Waals surface area contributed by atoms with E-state index in [-0.39, 0.29) is 36.2 Å². The molecule has 270 valence electrons. The van der Waals surface area contributed by atoms with Crippen molar-refractivity contribution in [1.82, 2.24) is 0 Å². The van der Waals surface area contributed by atoms with Gasteiger partial charge in [-0.15, -0.1) is 0 Å². The number of ether oxygens (including phenoxy) is 3. The summed E-state index contributed by atoms with van der Waals surface area (Å²) in [5.41, 5.74) is 0. The fourth-order valence-electron chi connectivity index (χ4n) is 5.42. The normalized spacial score (nSPS) is 13.2. The second-order valence-electron chi connectivity index (χ2n) is 13.8. The number of likely N-dealkylation sites (N-methyl/N-ethyl adjacent to an activating group) is 1. The first-order chi connectivity index (χ1) is 22.1. The smallest absolute Gasteiger partial charge is 0.362 e. The van der Waals surface area contributed by atoms with Gasteiger partial charge in [-0.25, -0.2) is 4.79 Å². The summed E-state index contributed by atoms with van der Waals surface area (Å²) in [4.78, 5) is 36.7. The molecule has 46 heavy (non-hydrogen) atoms. The highest BCUT2D eigenvalue weighted by atomic mass is 16.6. The number of carbonyl (C=O) groups is 3. The summed E-state index contributed by atoms with van der Waals surface area (Å²) in [7, 11) is 5.51. The number of quaternary nitrogens is 1. The van der Waals surface area contributed by atoms with Gasteiger partial charge in [0.15, 0.2) is 12.1 Å². The van der Waals surface area contributed by atoms with Gasteiger partial charge in [-0.05, 0) is 32.1 Å². The molecule has 8 heteroatoms. The minimum absolute atomic E-state index is 0.0507. The number of carboxylic acid groups (broad SMARTS) is 1. The van der Waals surface area contributed by atoms with E-state index in [1.807, 2.05) is 21.1 Å². The summed E-state index contributed by atoms with van der Waals surface area (Å²) in [6.07, 6.45) is 28.2. The van der Waals surface area contributed by atoms with Crippen molar-refractivity contribution in [2.75, 3.05) is 41.0 Å². The van der Waals surface area contributed by atoms with Gasteiger partial charge < -0.3 is 23.8 Å². The Balaban J connectivity index is 4.43. The number of unbranched alkanes of at least 4 members (excludes halogenated alkanes) is 17. The Morgan fingerprint density at radius 3 is 1.63 bits per heavy atom. The van der Waals surface area contributed by atoms with Gasteiger partial charge >= 0.3 is 17.9 Å². The predicted octanol–water partition coefficient (Wildman–Crippen LogP) is 9.19. The lowest BCUT2D eigenvalue weighted by Crippen LogP contribution is -2.50. The molecule has 1 N–H and O–H groups in total. The SMILES string of the molecule is CCCC/C=C/CCCCCCC(=O)OC(COCCC(C(=O)O)[N+](C)(C)C)COC(=O)CCCCCCCCCCCCCC. The largest absolute Gasteiger partial charge is 0.477 e. The van der Waals surface area contributed by atoms with Crippen LogP contribution < -0.4 is 0 Å². The van der Waals surface area contributed by atoms with Crippen LogP contribution in [0.2, 0.25) is 0 Å². The Morgan fingerprint density at radius 1 is 0.630 bits per heavy atom. The van der Waals surface area contributed by atoms with E-state index in [2.05, 4.69) is 26.0 Å². The average Bonchev–Trinajstić information content (AvgIpc) is 3.00. The highest BCUT2D eigenvalue weighted by molar-refractivity contribution is 5.72. The van der Waals surface area contributed by atoms with Gasteiger partial charge in [0, 0.05) is 19.3 Å². The van der Waals surface area contributed by atoms with Gasteiger partial charge in [0.25, 0.3) is 0 Å². The Kier molecular flexibility index (Phi) is 29.1. The van der Waals surface area contributed by atoms with Gasteiger partial charge in [0.2, 0.25) is 0 Å². The van der Waals surface area contributed by atoms with Crippen LogP contribution in [0.3, 0.4) is 0 Å². The van der Waals surface area contributed by atoms with E-state index in [4.69, 9.17) is 14.2 Å². The van der Waals surface area contributed by atoms with Crippen LogP contribution in [0, 0.1) is 0 Å². The molecular formula is C38H72NO7+. The lowest BCUT2D eigenvalue weighted by atomic mass is 10.0. The van der Waals surface area contributed by atoms with Crippen LogP contribution in [0.5, 0.6) is 0 Å². The maximum atomic E-state index is 12.6. The van der Waals surface area contributed by atoms with Crippen molar-refractivity contribution in [3.63, 3.8) is 0 Å². The summed E-state index contributed by atoms with van der Waals surface area (Å²) < 4.78 is 17.2. The van der Waals surface area contributed by atoms with Crippen molar-refractivity contribution in [2.45, 2.75) is 174 Å². The molecule has 0 heterocycles. The van der Waals surface area contributed by atoms with Crippen molar-refractivity contribution < 1.29 is 38.2 Å². The van der Waals surface area contributed by atoms with Crippen LogP contribution in [0.1, 0.15) is 162 Å². The van der Waals surface area contributed by atoms with E-state index in [9.17, 15) is 19.5 Å². The summed E-state index contributed by atoms with van der Waals surface area (Å²) in [6, 6.07) is -0.610. The number of rotatable bonds is 33. The van der Waals surface area contributed by atoms with Gasteiger partial charge in [0.1, 0.15) is 6.61 Å². The van der Waals surface area contributed by atoms with Crippen LogP contribution in [0.4, 0.5) is 0 Å². The Morgan fingerprint density at radius 2 is 1.11 bits per heavy atom. The second-order valence-corrected chi connectivity index (χ2v) is 13.8. The zero-order chi connectivity index (χ0) is 34.3. The van der Waals surface area contributed by atoms with Gasteiger partial charge in [-0.2, -0.15) is 0 Å². The van der Waals surface area contributed by atoms with Gasteiger partial charge in [-0.3, -0.25) is 9.59 Å². The van der Waals surface area contributed by atoms with Gasteiger partial charge in [-0.1, -0.05) is 122 Å². The number of hydrogen-bond acceptors (Lipinski definition) is 6. The van der Waals surface area contributed by atoms with E-state index in [0.29, 0.717) is 19.3 Å². The van der Waals surface area contributed by atoms with Crippen LogP contribution in [0.25, 0.3) is 0 Å². The fraction of sp³-hybridized carbons (Fsp3) is 0.868. The first-order valence-electron chi connectivity index (χ1n) is 18.7. The number of nitrogens with zero attached hydrogens (tertiary/aromatic N) is 1. The van der Waals surface area contributed by atoms with Crippen molar-refractivity contribution >= 4 is 17.9 Å². The van der Waals surface area contributed by atoms with Crippen molar-refractivity contribution in [3.05, 3.63) is 12.2 Å². The average molecular weight is 655 g/mol. The molecule has 0 amide bonds. The zero-order valence-electron chi connectivity index (χ0n) is 30.5. The molecule has 0 saturated heterocycles. The molecule has 0 bridgehead atoms. The van der Waals surface area contributed by atoms with Crippen molar-refractivity contribution in [1.29, 1.82) is 0 Å². The first kappa shape index (κ1) is 44.1. The molecule has 0 saturated carbocycles. The molecule has 0 aromatic rings. The second kappa shape index (κ2) is 30.4. The molecule has 0 rings (SSSR count). The van der Waals surface area contributed by atoms with E-state index in [1.165, 1.54) is 70.6 Å². The monoisotopic (exact) mass is 655 g/mol. The van der Waals surface area contributed by atoms with Crippen molar-refractivity contribution in [2.24, 2.45) is 0 Å². The maximum absolute atomic E-state index is 12.6. The quantitative estimate of drug-likeness (QED) is 0.0326. The van der Waals surface area contributed by atoms with E-state index in [0.717, 1.165) is 57.8 Å². The number of allylic oxidation sites excluding steroid dienone is 2. The molecule has 0 spiro atoms. The van der Waals surface area contributed by atoms with Crippen LogP contribution in [0.15, 0.2) is 12.2 Å². The molecule has 2 atom stereocenters. The fourth-order valence-corrected chi connectivity index (χ4v) is 5.42. The summed E-state index contributed by atoms with van der Waals surface area (Å²) >= 11 is 0. The number of aliphatic carboxylic acids is 1. The number of carboxylic acids is 1. The minimum atomic E-state index is -0.877. The molecule has 0 aliphatic rings. The van der Waals surface area contributed by atoms with Crippen molar-refractivity contribution in [3.8, 4) is 0 Å². The lowest BCUT2D eigenvalue weighted by Gasteiger charge is -2.31. The van der Waals surface area contributed by atoms with E-state index >= 15 is 0 Å². The predicted molar refractivity (Wildman–Crippen MR) is 188 cm³/mol. The van der Waals surface area contributed by atoms with E-state index in [1.54, 1.807) is 0 Å². The standard InChI is InChI=1S/C38H71NO7/c1-6-8-10-12-14-16-18-19-21-22-24-26-28-36(40)45-33-34(32-44-31-30-35(38(42)43)39(3,4)5)46-37(41)29-27-25-23-20-17-15-13-11-9-7-2/h13,15,34-35H,6-12,14,16-33H2,1-5H3/p+1/b15-13+. The molecule has 0 aliphatic carbocycles. The summed E-state index contributed by atoms with van der Waals surface area (Å²) in [5, 5.41) is 9.56. The Labute approximate surface area is 282 Å². The molecule has 0 aromatic heterocycles. The molecule has 2 unspecified atom stereocenters. The third-order valence-electron chi connectivity index (χ3n) is 8.41. The third kappa shape index (κ3) is 28.3. The Hall–Kier alpha value is -1.93. The summed E-state index contributed by atoms with van der Waals surface area (Å²) in [5.74, 6) is -1.48. The molecule has 0 fully saturated rings. The minimum Gasteiger partial charge on any atom is -0.477 e. The van der Waals surface area contributed by atoms with Crippen LogP contribution in [-0.2, 0) is 28.6 Å². The van der Waals surface area contributed by atoms with Crippen LogP contribution in [-0.4, -0.2) is 80.6 Å². The summed E-state index contributed by atoms with van der Waals surface area (Å²) in [6.45, 7) is 4.67. The third-order valence-corrected chi connectivity index (χ3v) is 8.41. The molecule has 8 nitrogen and oxygen atoms in total. The maximum Gasteiger partial charge on any atom is 0.362 e. The van der Waals surface area contributed by atoms with Crippen LogP contribution >= 0.6 is 0 Å². The first-order valence-corrected chi connectivity index (χ1v) is 18.7. The Bertz CT molecular complexity index is 778. The number of carbonyl (C=O) groups excluding carboxylic acids is 2. The zero-order valence-corrected chi connectivity index (χ0v) is 30.5. The van der Waals surface area contributed by atoms with Gasteiger partial charge in [0.05, 0.1) is 34.4 Å². The molecule has 0 radical (unpaired) electrons.